The first-order chi connectivity index (χ1) is 11.6. The van der Waals surface area contributed by atoms with Gasteiger partial charge < -0.3 is 10.4 Å². The fraction of sp³-hybridized carbons (Fsp3) is 0.500. The highest BCUT2D eigenvalue weighted by Crippen LogP contribution is 2.36. The van der Waals surface area contributed by atoms with Crippen molar-refractivity contribution in [1.82, 2.24) is 4.90 Å². The van der Waals surface area contributed by atoms with Crippen LogP contribution in [0.3, 0.4) is 0 Å². The Kier molecular flexibility index (Phi) is 5.95. The Morgan fingerprint density at radius 3 is 2.68 bits per heavy atom. The van der Waals surface area contributed by atoms with Gasteiger partial charge >= 0.3 is 12.1 Å². The summed E-state index contributed by atoms with van der Waals surface area (Å²) in [6, 6.07) is 2.37. The number of carboxylic acids is 1. The van der Waals surface area contributed by atoms with Crippen LogP contribution in [0.25, 0.3) is 0 Å². The van der Waals surface area contributed by atoms with E-state index >= 15 is 0 Å². The number of nitrogens with zero attached hydrogens (tertiary/aromatic N) is 1. The molecule has 1 aliphatic rings. The van der Waals surface area contributed by atoms with Gasteiger partial charge in [0.1, 0.15) is 0 Å². The lowest BCUT2D eigenvalue weighted by Gasteiger charge is -2.34. The third-order valence-corrected chi connectivity index (χ3v) is 4.51. The number of rotatable bonds is 4. The third kappa shape index (κ3) is 4.85. The van der Waals surface area contributed by atoms with E-state index in [0.717, 1.165) is 12.1 Å². The lowest BCUT2D eigenvalue weighted by atomic mass is 9.97. The number of halogens is 4. The lowest BCUT2D eigenvalue weighted by Crippen LogP contribution is -2.48. The summed E-state index contributed by atoms with van der Waals surface area (Å²) in [6.07, 6.45) is -3.52. The topological polar surface area (TPSA) is 69.6 Å². The average Bonchev–Trinajstić information content (AvgIpc) is 2.54. The standard InChI is InChI=1S/C16H18ClF3N2O3/c1-9(22-6-2-3-10(8-22)15(24)25)14(23)21-13-5-4-11(17)7-12(13)16(18,19)20/h4-5,7,9-10H,2-3,6,8H2,1H3,(H,21,23)(H,24,25). The van der Waals surface area contributed by atoms with Crippen LogP contribution in [0.1, 0.15) is 25.3 Å². The van der Waals surface area contributed by atoms with Gasteiger partial charge in [0.25, 0.3) is 0 Å². The Morgan fingerprint density at radius 1 is 1.40 bits per heavy atom. The lowest BCUT2D eigenvalue weighted by molar-refractivity contribution is -0.144. The molecule has 1 heterocycles. The number of benzene rings is 1. The van der Waals surface area contributed by atoms with Crippen LogP contribution in [0.4, 0.5) is 18.9 Å². The molecular formula is C16H18ClF3N2O3. The second-order valence-corrected chi connectivity index (χ2v) is 6.46. The van der Waals surface area contributed by atoms with Crippen LogP contribution in [0.15, 0.2) is 18.2 Å². The molecule has 138 valence electrons. The van der Waals surface area contributed by atoms with Gasteiger partial charge in [-0.25, -0.2) is 0 Å². The van der Waals surface area contributed by atoms with E-state index < -0.39 is 35.6 Å². The molecule has 2 N–H and O–H groups in total. The fourth-order valence-corrected chi connectivity index (χ4v) is 2.99. The molecule has 0 bridgehead atoms. The zero-order valence-corrected chi connectivity index (χ0v) is 14.2. The first-order valence-electron chi connectivity index (χ1n) is 7.74. The molecule has 0 aromatic heterocycles. The van der Waals surface area contributed by atoms with Gasteiger partial charge in [0, 0.05) is 11.6 Å². The van der Waals surface area contributed by atoms with E-state index in [1.165, 1.54) is 6.07 Å². The maximum Gasteiger partial charge on any atom is 0.418 e. The van der Waals surface area contributed by atoms with Crippen molar-refractivity contribution < 1.29 is 27.9 Å². The summed E-state index contributed by atoms with van der Waals surface area (Å²) in [7, 11) is 0. The Morgan fingerprint density at radius 2 is 2.08 bits per heavy atom. The number of alkyl halides is 3. The smallest absolute Gasteiger partial charge is 0.418 e. The number of amides is 1. The first-order valence-corrected chi connectivity index (χ1v) is 8.12. The molecule has 0 spiro atoms. The van der Waals surface area contributed by atoms with Crippen LogP contribution in [0.5, 0.6) is 0 Å². The van der Waals surface area contributed by atoms with Crippen LogP contribution < -0.4 is 5.32 Å². The zero-order chi connectivity index (χ0) is 18.8. The van der Waals surface area contributed by atoms with E-state index in [1.807, 2.05) is 0 Å². The van der Waals surface area contributed by atoms with Gasteiger partial charge in [0.05, 0.1) is 23.2 Å². The van der Waals surface area contributed by atoms with Crippen LogP contribution >= 0.6 is 11.6 Å². The Hall–Kier alpha value is -1.80. The number of nitrogens with one attached hydrogen (secondary N) is 1. The maximum absolute atomic E-state index is 13.1. The molecule has 1 aromatic carbocycles. The zero-order valence-electron chi connectivity index (χ0n) is 13.4. The van der Waals surface area contributed by atoms with Crippen molar-refractivity contribution in [3.05, 3.63) is 28.8 Å². The molecule has 2 rings (SSSR count). The van der Waals surface area contributed by atoms with Gasteiger partial charge in [0.2, 0.25) is 5.91 Å². The molecule has 9 heteroatoms. The van der Waals surface area contributed by atoms with Crippen LogP contribution in [-0.4, -0.2) is 41.0 Å². The molecule has 1 amide bonds. The fourth-order valence-electron chi connectivity index (χ4n) is 2.82. The molecule has 1 aliphatic heterocycles. The minimum Gasteiger partial charge on any atom is -0.481 e. The summed E-state index contributed by atoms with van der Waals surface area (Å²) in [5, 5.41) is 11.3. The van der Waals surface area contributed by atoms with E-state index in [9.17, 15) is 22.8 Å². The molecule has 2 unspecified atom stereocenters. The van der Waals surface area contributed by atoms with E-state index in [1.54, 1.807) is 11.8 Å². The molecule has 1 fully saturated rings. The molecule has 25 heavy (non-hydrogen) atoms. The van der Waals surface area contributed by atoms with E-state index in [2.05, 4.69) is 5.32 Å². The normalized spacial score (nSPS) is 20.1. The van der Waals surface area contributed by atoms with Crippen molar-refractivity contribution in [2.24, 2.45) is 5.92 Å². The first kappa shape index (κ1) is 19.5. The van der Waals surface area contributed by atoms with Crippen LogP contribution in [-0.2, 0) is 15.8 Å². The molecule has 0 radical (unpaired) electrons. The highest BCUT2D eigenvalue weighted by atomic mass is 35.5. The Bertz CT molecular complexity index is 667. The molecule has 1 aromatic rings. The van der Waals surface area contributed by atoms with E-state index in [4.69, 9.17) is 16.7 Å². The van der Waals surface area contributed by atoms with Gasteiger partial charge in [-0.05, 0) is 44.5 Å². The summed E-state index contributed by atoms with van der Waals surface area (Å²) in [4.78, 5) is 25.1. The number of carbonyl (C=O) groups is 2. The molecule has 0 saturated carbocycles. The van der Waals surface area contributed by atoms with Crippen molar-refractivity contribution in [2.45, 2.75) is 32.0 Å². The van der Waals surface area contributed by atoms with E-state index in [-0.39, 0.29) is 17.3 Å². The predicted molar refractivity (Wildman–Crippen MR) is 86.5 cm³/mol. The molecular weight excluding hydrogens is 361 g/mol. The number of carbonyl (C=O) groups excluding carboxylic acids is 1. The highest BCUT2D eigenvalue weighted by Gasteiger charge is 2.35. The Labute approximate surface area is 147 Å². The Balaban J connectivity index is 2.13. The summed E-state index contributed by atoms with van der Waals surface area (Å²) in [6.45, 7) is 2.25. The quantitative estimate of drug-likeness (QED) is 0.841. The number of hydrogen-bond donors (Lipinski definition) is 2. The SMILES string of the molecule is CC(C(=O)Nc1ccc(Cl)cc1C(F)(F)F)N1CCCC(C(=O)O)C1. The van der Waals surface area contributed by atoms with Gasteiger partial charge in [-0.2, -0.15) is 13.2 Å². The maximum atomic E-state index is 13.1. The number of likely N-dealkylation sites (tertiary alicyclic amines) is 1. The van der Waals surface area contributed by atoms with Crippen molar-refractivity contribution >= 4 is 29.2 Å². The minimum atomic E-state index is -4.66. The van der Waals surface area contributed by atoms with Gasteiger partial charge in [0.15, 0.2) is 0 Å². The third-order valence-electron chi connectivity index (χ3n) is 4.27. The van der Waals surface area contributed by atoms with Crippen LogP contribution in [0.2, 0.25) is 5.02 Å². The molecule has 0 aliphatic carbocycles. The van der Waals surface area contributed by atoms with Crippen molar-refractivity contribution in [1.29, 1.82) is 0 Å². The van der Waals surface area contributed by atoms with Crippen molar-refractivity contribution in [3.8, 4) is 0 Å². The van der Waals surface area contributed by atoms with Crippen molar-refractivity contribution in [2.75, 3.05) is 18.4 Å². The summed E-state index contributed by atoms with van der Waals surface area (Å²) >= 11 is 5.61. The summed E-state index contributed by atoms with van der Waals surface area (Å²) in [5.74, 6) is -2.14. The van der Waals surface area contributed by atoms with E-state index in [0.29, 0.717) is 19.4 Å². The van der Waals surface area contributed by atoms with Gasteiger partial charge in [-0.3, -0.25) is 14.5 Å². The minimum absolute atomic E-state index is 0.0845. The number of aliphatic carboxylic acids is 1. The average molecular weight is 379 g/mol. The summed E-state index contributed by atoms with van der Waals surface area (Å²) in [5.41, 5.74) is -1.40. The molecule has 1 saturated heterocycles. The largest absolute Gasteiger partial charge is 0.481 e. The number of piperidine rings is 1. The second kappa shape index (κ2) is 7.61. The molecule has 5 nitrogen and oxygen atoms in total. The number of hydrogen-bond acceptors (Lipinski definition) is 3. The number of anilines is 1. The monoisotopic (exact) mass is 378 g/mol. The number of carboxylic acid groups (broad SMARTS) is 1. The predicted octanol–water partition coefficient (Wildman–Crippen LogP) is 3.48. The second-order valence-electron chi connectivity index (χ2n) is 6.03. The highest BCUT2D eigenvalue weighted by molar-refractivity contribution is 6.30. The van der Waals surface area contributed by atoms with Crippen LogP contribution in [0, 0.1) is 5.92 Å². The summed E-state index contributed by atoms with van der Waals surface area (Å²) < 4.78 is 39.3. The van der Waals surface area contributed by atoms with Gasteiger partial charge in [-0.15, -0.1) is 0 Å². The van der Waals surface area contributed by atoms with Gasteiger partial charge in [-0.1, -0.05) is 11.6 Å². The van der Waals surface area contributed by atoms with Crippen molar-refractivity contribution in [3.63, 3.8) is 0 Å². The molecule has 2 atom stereocenters.